The van der Waals surface area contributed by atoms with E-state index in [1.807, 2.05) is 29.5 Å². The maximum atomic E-state index is 12.8. The summed E-state index contributed by atoms with van der Waals surface area (Å²) in [7, 11) is 2.93. The number of halogens is 1. The fraction of sp³-hybridized carbons (Fsp3) is 0.217. The van der Waals surface area contributed by atoms with Gasteiger partial charge in [-0.1, -0.05) is 6.07 Å². The number of aliphatic carboxylic acids is 1. The number of nitrogens with zero attached hydrogens (tertiary/aromatic N) is 2. The van der Waals surface area contributed by atoms with Gasteiger partial charge in [0.25, 0.3) is 5.91 Å². The summed E-state index contributed by atoms with van der Waals surface area (Å²) >= 11 is 3.23. The molecule has 1 aliphatic rings. The molecule has 0 atom stereocenters. The maximum Gasteiger partial charge on any atom is 0.341 e. The van der Waals surface area contributed by atoms with Crippen LogP contribution in [0.25, 0.3) is 6.08 Å². The summed E-state index contributed by atoms with van der Waals surface area (Å²) in [5.41, 5.74) is 1.56. The van der Waals surface area contributed by atoms with Gasteiger partial charge >= 0.3 is 11.9 Å². The molecule has 0 aliphatic carbocycles. The van der Waals surface area contributed by atoms with E-state index in [2.05, 4.69) is 4.99 Å². The van der Waals surface area contributed by atoms with Crippen molar-refractivity contribution in [2.24, 2.45) is 4.99 Å². The summed E-state index contributed by atoms with van der Waals surface area (Å²) in [6.07, 6.45) is 1.71. The molecule has 0 bridgehead atoms. The lowest BCUT2D eigenvalue weighted by atomic mass is 10.2. The number of ether oxygens (including phenoxy) is 3. The number of aliphatic imine (C=N–C) groups is 1. The summed E-state index contributed by atoms with van der Waals surface area (Å²) in [5, 5.41) is 9.37. The normalized spacial score (nSPS) is 15.6. The molecule has 0 saturated carbocycles. The van der Waals surface area contributed by atoms with Gasteiger partial charge in [0.1, 0.15) is 0 Å². The van der Waals surface area contributed by atoms with E-state index in [1.165, 1.54) is 23.8 Å². The van der Waals surface area contributed by atoms with Gasteiger partial charge in [0.05, 0.1) is 33.4 Å². The molecule has 2 aromatic carbocycles. The van der Waals surface area contributed by atoms with E-state index in [-0.39, 0.29) is 5.91 Å². The number of hydrogen-bond acceptors (Lipinski definition) is 8. The molecule has 2 aromatic rings. The van der Waals surface area contributed by atoms with Crippen LogP contribution in [0.2, 0.25) is 0 Å². The minimum absolute atomic E-state index is 0.230. The highest BCUT2D eigenvalue weighted by molar-refractivity contribution is 14.1. The molecule has 34 heavy (non-hydrogen) atoms. The van der Waals surface area contributed by atoms with Crippen molar-refractivity contribution in [2.75, 3.05) is 27.4 Å². The van der Waals surface area contributed by atoms with Crippen molar-refractivity contribution in [1.82, 2.24) is 4.90 Å². The van der Waals surface area contributed by atoms with Crippen LogP contribution in [0.4, 0.5) is 5.69 Å². The molecule has 1 amide bonds. The molecule has 178 valence electrons. The second-order valence-corrected chi connectivity index (χ2v) is 9.03. The Balaban J connectivity index is 1.91. The number of amides is 1. The van der Waals surface area contributed by atoms with Crippen LogP contribution >= 0.6 is 34.4 Å². The van der Waals surface area contributed by atoms with Crippen molar-refractivity contribution < 1.29 is 33.7 Å². The van der Waals surface area contributed by atoms with Crippen molar-refractivity contribution in [3.8, 4) is 11.5 Å². The number of hydrogen-bond donors (Lipinski definition) is 1. The second kappa shape index (κ2) is 11.4. The number of esters is 1. The molecule has 1 N–H and O–H groups in total. The van der Waals surface area contributed by atoms with Crippen LogP contribution in [0.15, 0.2) is 46.3 Å². The number of rotatable bonds is 8. The fourth-order valence-electron chi connectivity index (χ4n) is 2.94. The SMILES string of the molecule is CCOc1cc(C=C2SC(=Nc3cccc(C(=O)OC)c3)N(C)C2=O)cc(I)c1OCC(=O)O. The van der Waals surface area contributed by atoms with Crippen molar-refractivity contribution in [3.05, 3.63) is 56.0 Å². The lowest BCUT2D eigenvalue weighted by Crippen LogP contribution is -2.23. The molecule has 11 heteroatoms. The number of thioether (sulfide) groups is 1. The first-order valence-corrected chi connectivity index (χ1v) is 11.9. The Kier molecular flexibility index (Phi) is 8.56. The van der Waals surface area contributed by atoms with E-state index in [0.29, 0.717) is 48.6 Å². The van der Waals surface area contributed by atoms with Crippen LogP contribution in [0.3, 0.4) is 0 Å². The standard InChI is InChI=1S/C23H21IN2O7S/c1-4-32-17-9-13(8-16(24)20(17)33-12-19(27)28)10-18-21(29)26(2)23(34-18)25-15-7-5-6-14(11-15)22(30)31-3/h5-11H,4,12H2,1-3H3,(H,27,28). The van der Waals surface area contributed by atoms with Crippen LogP contribution in [0.5, 0.6) is 11.5 Å². The summed E-state index contributed by atoms with van der Waals surface area (Å²) < 4.78 is 16.4. The van der Waals surface area contributed by atoms with Crippen LogP contribution in [0.1, 0.15) is 22.8 Å². The van der Waals surface area contributed by atoms with Crippen molar-refractivity contribution >= 4 is 69.1 Å². The Hall–Kier alpha value is -3.06. The van der Waals surface area contributed by atoms with Gasteiger partial charge in [0, 0.05) is 7.05 Å². The van der Waals surface area contributed by atoms with Gasteiger partial charge in [-0.2, -0.15) is 0 Å². The smallest absolute Gasteiger partial charge is 0.341 e. The lowest BCUT2D eigenvalue weighted by molar-refractivity contribution is -0.139. The lowest BCUT2D eigenvalue weighted by Gasteiger charge is -2.13. The van der Waals surface area contributed by atoms with Gasteiger partial charge in [0.2, 0.25) is 0 Å². The largest absolute Gasteiger partial charge is 0.490 e. The molecule has 0 radical (unpaired) electrons. The monoisotopic (exact) mass is 596 g/mol. The van der Waals surface area contributed by atoms with Gasteiger partial charge in [-0.3, -0.25) is 9.69 Å². The number of likely N-dealkylation sites (N-methyl/N-ethyl adjacent to an activating group) is 1. The number of carbonyl (C=O) groups excluding carboxylic acids is 2. The molecule has 0 spiro atoms. The van der Waals surface area contributed by atoms with Gasteiger partial charge < -0.3 is 19.3 Å². The first kappa shape index (κ1) is 25.6. The molecule has 3 rings (SSSR count). The molecule has 1 saturated heterocycles. The predicted octanol–water partition coefficient (Wildman–Crippen LogP) is 4.17. The Morgan fingerprint density at radius 1 is 1.24 bits per heavy atom. The highest BCUT2D eigenvalue weighted by atomic mass is 127. The summed E-state index contributed by atoms with van der Waals surface area (Å²) in [6.45, 7) is 1.67. The number of benzene rings is 2. The average molecular weight is 596 g/mol. The third-order valence-electron chi connectivity index (χ3n) is 4.47. The molecule has 1 aliphatic heterocycles. The Bertz CT molecular complexity index is 1200. The number of carboxylic acid groups (broad SMARTS) is 1. The molecule has 0 unspecified atom stereocenters. The van der Waals surface area contributed by atoms with Crippen molar-refractivity contribution in [2.45, 2.75) is 6.92 Å². The Morgan fingerprint density at radius 2 is 2.00 bits per heavy atom. The van der Waals surface area contributed by atoms with Gasteiger partial charge in [-0.25, -0.2) is 14.6 Å². The van der Waals surface area contributed by atoms with Crippen molar-refractivity contribution in [3.63, 3.8) is 0 Å². The van der Waals surface area contributed by atoms with E-state index in [0.717, 1.165) is 0 Å². The Labute approximate surface area is 213 Å². The van der Waals surface area contributed by atoms with Gasteiger partial charge in [0.15, 0.2) is 23.3 Å². The zero-order valence-electron chi connectivity index (χ0n) is 18.5. The van der Waals surface area contributed by atoms with E-state index in [9.17, 15) is 14.4 Å². The fourth-order valence-corrected chi connectivity index (χ4v) is 4.71. The Morgan fingerprint density at radius 3 is 2.68 bits per heavy atom. The van der Waals surface area contributed by atoms with Crippen molar-refractivity contribution in [1.29, 1.82) is 0 Å². The van der Waals surface area contributed by atoms with E-state index in [1.54, 1.807) is 49.5 Å². The average Bonchev–Trinajstić information content (AvgIpc) is 3.05. The van der Waals surface area contributed by atoms with Gasteiger partial charge in [-0.15, -0.1) is 0 Å². The maximum absolute atomic E-state index is 12.8. The number of methoxy groups -OCH3 is 1. The molecular formula is C23H21IN2O7S. The number of carbonyl (C=O) groups is 3. The molecule has 1 fully saturated rings. The molecule has 9 nitrogen and oxygen atoms in total. The minimum Gasteiger partial charge on any atom is -0.490 e. The topological polar surface area (TPSA) is 115 Å². The zero-order valence-corrected chi connectivity index (χ0v) is 21.5. The zero-order chi connectivity index (χ0) is 24.8. The van der Waals surface area contributed by atoms with Crippen LogP contribution < -0.4 is 9.47 Å². The third-order valence-corrected chi connectivity index (χ3v) is 6.33. The quantitative estimate of drug-likeness (QED) is 0.275. The van der Waals surface area contributed by atoms with Gasteiger partial charge in [-0.05, 0) is 83.2 Å². The molecule has 0 aromatic heterocycles. The van der Waals surface area contributed by atoms with Crippen LogP contribution in [-0.4, -0.2) is 60.4 Å². The first-order chi connectivity index (χ1) is 16.2. The van der Waals surface area contributed by atoms with E-state index in [4.69, 9.17) is 19.3 Å². The van der Waals surface area contributed by atoms with E-state index >= 15 is 0 Å². The first-order valence-electron chi connectivity index (χ1n) is 9.99. The second-order valence-electron chi connectivity index (χ2n) is 6.86. The summed E-state index contributed by atoms with van der Waals surface area (Å²) in [4.78, 5) is 41.9. The minimum atomic E-state index is -1.09. The van der Waals surface area contributed by atoms with Crippen LogP contribution in [-0.2, 0) is 14.3 Å². The highest BCUT2D eigenvalue weighted by Crippen LogP contribution is 2.37. The third kappa shape index (κ3) is 6.08. The van der Waals surface area contributed by atoms with E-state index < -0.39 is 18.5 Å². The number of amidine groups is 1. The summed E-state index contributed by atoms with van der Waals surface area (Å²) in [5.74, 6) is -1.07. The predicted molar refractivity (Wildman–Crippen MR) is 137 cm³/mol. The highest BCUT2D eigenvalue weighted by Gasteiger charge is 2.30. The summed E-state index contributed by atoms with van der Waals surface area (Å²) in [6, 6.07) is 10.1. The molecular weight excluding hydrogens is 575 g/mol. The molecule has 1 heterocycles. The number of carboxylic acids is 1. The van der Waals surface area contributed by atoms with Crippen LogP contribution in [0, 0.1) is 3.57 Å².